The van der Waals surface area contributed by atoms with E-state index in [1.807, 2.05) is 0 Å². The molecule has 1 aliphatic rings. The number of allylic oxidation sites excluding steroid dienone is 1. The molecule has 0 spiro atoms. The Bertz CT molecular complexity index is 625. The first-order chi connectivity index (χ1) is 13.5. The summed E-state index contributed by atoms with van der Waals surface area (Å²) in [7, 11) is 3.73. The SMILES string of the molecule is C=CCC1CCC(c2ccc(C(=CN(C)C)CN(C)C)cc2)CC1.[O-][Cl+3]([O-])([O-])O. The molecule has 0 aliphatic heterocycles. The minimum absolute atomic E-state index is 0.746. The molecule has 1 aromatic rings. The van der Waals surface area contributed by atoms with Gasteiger partial charge in [0.1, 0.15) is 0 Å². The van der Waals surface area contributed by atoms with Crippen molar-refractivity contribution in [2.45, 2.75) is 38.0 Å². The Morgan fingerprint density at radius 3 is 2.00 bits per heavy atom. The Morgan fingerprint density at radius 1 is 1.07 bits per heavy atom. The van der Waals surface area contributed by atoms with Crippen LogP contribution in [-0.2, 0) is 0 Å². The molecule has 0 atom stereocenters. The Balaban J connectivity index is 0.000000749. The fourth-order valence-electron chi connectivity index (χ4n) is 3.80. The zero-order valence-electron chi connectivity index (χ0n) is 18.0. The quantitative estimate of drug-likeness (QED) is 0.650. The lowest BCUT2D eigenvalue weighted by Gasteiger charge is -2.28. The molecule has 0 heterocycles. The maximum Gasteiger partial charge on any atom is 0.0777 e. The van der Waals surface area contributed by atoms with Gasteiger partial charge in [-0.25, -0.2) is 0 Å². The Labute approximate surface area is 177 Å². The van der Waals surface area contributed by atoms with Crippen molar-refractivity contribution < 1.29 is 28.9 Å². The third-order valence-electron chi connectivity index (χ3n) is 5.00. The van der Waals surface area contributed by atoms with E-state index in [4.69, 9.17) is 18.6 Å². The fourth-order valence-corrected chi connectivity index (χ4v) is 3.80. The van der Waals surface area contributed by atoms with Gasteiger partial charge < -0.3 is 9.80 Å². The van der Waals surface area contributed by atoms with Gasteiger partial charge >= 0.3 is 0 Å². The molecule has 6 nitrogen and oxygen atoms in total. The lowest BCUT2D eigenvalue weighted by Crippen LogP contribution is -2.58. The first-order valence-electron chi connectivity index (χ1n) is 9.86. The van der Waals surface area contributed by atoms with Gasteiger partial charge in [0.25, 0.3) is 0 Å². The maximum absolute atomic E-state index is 8.60. The van der Waals surface area contributed by atoms with Crippen LogP contribution < -0.4 is 14.0 Å². The number of halogens is 1. The average molecular weight is 427 g/mol. The van der Waals surface area contributed by atoms with Gasteiger partial charge in [-0.3, -0.25) is 0 Å². The second-order valence-electron chi connectivity index (χ2n) is 8.12. The zero-order valence-corrected chi connectivity index (χ0v) is 18.8. The summed E-state index contributed by atoms with van der Waals surface area (Å²) in [5.74, 6) is 1.61. The number of nitrogens with zero attached hydrogens (tertiary/aromatic N) is 2. The molecule has 1 saturated carbocycles. The Morgan fingerprint density at radius 2 is 1.59 bits per heavy atom. The highest BCUT2D eigenvalue weighted by molar-refractivity contribution is 5.66. The van der Waals surface area contributed by atoms with E-state index in [-0.39, 0.29) is 0 Å². The predicted octanol–water partition coefficient (Wildman–Crippen LogP) is 0.877. The topological polar surface area (TPSA) is 95.9 Å². The van der Waals surface area contributed by atoms with Crippen LogP contribution in [0.15, 0.2) is 43.1 Å². The highest BCUT2D eigenvalue weighted by Gasteiger charge is 2.21. The third kappa shape index (κ3) is 11.4. The lowest BCUT2D eigenvalue weighted by atomic mass is 9.77. The van der Waals surface area contributed by atoms with Crippen molar-refractivity contribution in [3.05, 3.63) is 54.2 Å². The highest BCUT2D eigenvalue weighted by atomic mass is 35.7. The van der Waals surface area contributed by atoms with Crippen LogP contribution in [0, 0.1) is 16.2 Å². The van der Waals surface area contributed by atoms with E-state index in [0.29, 0.717) is 0 Å². The van der Waals surface area contributed by atoms with E-state index in [2.05, 4.69) is 81.1 Å². The third-order valence-corrected chi connectivity index (χ3v) is 5.00. The number of likely N-dealkylation sites (N-methyl/N-ethyl adjacent to an activating group) is 1. The minimum atomic E-state index is -4.69. The summed E-state index contributed by atoms with van der Waals surface area (Å²) < 4.78 is 32.7. The van der Waals surface area contributed by atoms with E-state index < -0.39 is 10.2 Å². The maximum atomic E-state index is 8.60. The molecule has 0 radical (unpaired) electrons. The molecule has 164 valence electrons. The second kappa shape index (κ2) is 12.3. The fraction of sp³-hybridized carbons (Fsp3) is 0.545. The van der Waals surface area contributed by atoms with Crippen LogP contribution in [0.3, 0.4) is 0 Å². The molecule has 2 rings (SSSR count). The van der Waals surface area contributed by atoms with Crippen molar-refractivity contribution in [3.63, 3.8) is 0 Å². The van der Waals surface area contributed by atoms with E-state index in [9.17, 15) is 0 Å². The monoisotopic (exact) mass is 426 g/mol. The van der Waals surface area contributed by atoms with Crippen molar-refractivity contribution in [1.82, 2.24) is 9.80 Å². The molecule has 0 bridgehead atoms. The predicted molar refractivity (Wildman–Crippen MR) is 108 cm³/mol. The molecule has 1 aliphatic carbocycles. The molecule has 1 N–H and O–H groups in total. The average Bonchev–Trinajstić information content (AvgIpc) is 2.60. The van der Waals surface area contributed by atoms with Gasteiger partial charge in [0.15, 0.2) is 0 Å². The van der Waals surface area contributed by atoms with Crippen molar-refractivity contribution in [3.8, 4) is 0 Å². The summed E-state index contributed by atoms with van der Waals surface area (Å²) in [4.78, 5) is 4.36. The van der Waals surface area contributed by atoms with Gasteiger partial charge in [0, 0.05) is 26.8 Å². The number of benzene rings is 1. The molecule has 0 aromatic heterocycles. The Hall–Kier alpha value is -1.41. The molecule has 1 fully saturated rings. The smallest absolute Gasteiger partial charge is 0.0777 e. The second-order valence-corrected chi connectivity index (χ2v) is 8.91. The Kier molecular flexibility index (Phi) is 10.9. The summed E-state index contributed by atoms with van der Waals surface area (Å²) in [6, 6.07) is 9.33. The molecule has 0 saturated heterocycles. The lowest BCUT2D eigenvalue weighted by molar-refractivity contribution is -1.92. The number of hydrogen-bond acceptors (Lipinski definition) is 6. The van der Waals surface area contributed by atoms with Crippen LogP contribution in [-0.4, -0.2) is 49.2 Å². The van der Waals surface area contributed by atoms with Crippen molar-refractivity contribution in [2.75, 3.05) is 34.7 Å². The van der Waals surface area contributed by atoms with Crippen LogP contribution in [0.2, 0.25) is 0 Å². The van der Waals surface area contributed by atoms with Crippen molar-refractivity contribution >= 4 is 5.57 Å². The summed E-state index contributed by atoms with van der Waals surface area (Å²) in [5, 5.41) is 0. The van der Waals surface area contributed by atoms with Crippen molar-refractivity contribution in [1.29, 1.82) is 0 Å². The van der Waals surface area contributed by atoms with E-state index in [0.717, 1.165) is 18.4 Å². The van der Waals surface area contributed by atoms with E-state index in [1.165, 1.54) is 48.8 Å². The van der Waals surface area contributed by atoms with Crippen LogP contribution in [0.5, 0.6) is 0 Å². The van der Waals surface area contributed by atoms with E-state index >= 15 is 0 Å². The molecular weight excluding hydrogens is 392 g/mol. The molecule has 7 heteroatoms. The van der Waals surface area contributed by atoms with Gasteiger partial charge in [-0.15, -0.1) is 6.58 Å². The number of rotatable bonds is 7. The number of hydrogen-bond donors (Lipinski definition) is 1. The van der Waals surface area contributed by atoms with E-state index in [1.54, 1.807) is 0 Å². The van der Waals surface area contributed by atoms with Crippen LogP contribution in [0.25, 0.3) is 5.57 Å². The van der Waals surface area contributed by atoms with Gasteiger partial charge in [-0.1, -0.05) is 30.3 Å². The summed E-state index contributed by atoms with van der Waals surface area (Å²) >= 11 is 0. The van der Waals surface area contributed by atoms with Crippen LogP contribution in [0.1, 0.15) is 49.1 Å². The molecule has 0 unspecified atom stereocenters. The van der Waals surface area contributed by atoms with Crippen LogP contribution >= 0.6 is 0 Å². The first-order valence-corrected chi connectivity index (χ1v) is 11.1. The van der Waals surface area contributed by atoms with Gasteiger partial charge in [-0.05, 0) is 74.7 Å². The molecule has 0 amide bonds. The van der Waals surface area contributed by atoms with Gasteiger partial charge in [-0.2, -0.15) is 14.0 Å². The summed E-state index contributed by atoms with van der Waals surface area (Å²) in [5.41, 5.74) is 4.22. The standard InChI is InChI=1S/C22H34N2.ClHO4/c1-6-7-18-8-10-19(11-9-18)20-12-14-21(15-13-20)22(16-23(2)3)17-24(4)5;2-1(3,4)5/h6,12-16,18-19H,1,7-11,17H2,2-5H3;(H,2,3,4,5). The highest BCUT2D eigenvalue weighted by Crippen LogP contribution is 2.37. The minimum Gasteiger partial charge on any atom is -0.383 e. The normalized spacial score (nSPS) is 20.1. The first kappa shape index (κ1) is 25.6. The van der Waals surface area contributed by atoms with Gasteiger partial charge in [0.2, 0.25) is 0 Å². The summed E-state index contributed by atoms with van der Waals surface area (Å²) in [6.45, 7) is 4.85. The molecule has 1 aromatic carbocycles. The van der Waals surface area contributed by atoms with Crippen LogP contribution in [0.4, 0.5) is 0 Å². The largest absolute Gasteiger partial charge is 0.383 e. The summed E-state index contributed by atoms with van der Waals surface area (Å²) in [6.07, 6.45) is 10.9. The van der Waals surface area contributed by atoms with Gasteiger partial charge in [0.05, 0.1) is 14.9 Å². The molecular formula is C22H35ClN2O4. The van der Waals surface area contributed by atoms with Crippen molar-refractivity contribution in [2.24, 2.45) is 5.92 Å². The molecule has 29 heavy (non-hydrogen) atoms. The zero-order chi connectivity index (χ0) is 22.0.